The first-order valence-electron chi connectivity index (χ1n) is 9.23. The number of allylic oxidation sites excluding steroid dienone is 1. The fourth-order valence-electron chi connectivity index (χ4n) is 2.85. The van der Waals surface area contributed by atoms with Crippen LogP contribution in [0.25, 0.3) is 16.8 Å². The highest BCUT2D eigenvalue weighted by Crippen LogP contribution is 2.27. The fourth-order valence-corrected chi connectivity index (χ4v) is 3.65. The summed E-state index contributed by atoms with van der Waals surface area (Å²) in [6.45, 7) is 4.35. The van der Waals surface area contributed by atoms with Crippen LogP contribution in [0.1, 0.15) is 24.4 Å². The highest BCUT2D eigenvalue weighted by Gasteiger charge is 2.14. The van der Waals surface area contributed by atoms with Gasteiger partial charge >= 0.3 is 5.69 Å². The number of thiazole rings is 1. The maximum absolute atomic E-state index is 13.5. The Morgan fingerprint density at radius 3 is 2.70 bits per heavy atom. The highest BCUT2D eigenvalue weighted by molar-refractivity contribution is 7.11. The minimum Gasteiger partial charge on any atom is -0.360 e. The number of hydrogen-bond donors (Lipinski definition) is 1. The standard InChI is InChI=1S/C22H19FN4O2S/c1-14(2)9-15-3-5-16(6-4-15)20-13-30-22(26-20)17(11-24)12-25-18-7-8-19(23)21(10-18)27(28)29/h3-8,10,12-14,25H,9H2,1-2H3. The van der Waals surface area contributed by atoms with Gasteiger partial charge in [0.2, 0.25) is 5.82 Å². The maximum Gasteiger partial charge on any atom is 0.306 e. The van der Waals surface area contributed by atoms with Gasteiger partial charge in [0.05, 0.1) is 10.6 Å². The van der Waals surface area contributed by atoms with E-state index in [-0.39, 0.29) is 5.57 Å². The molecular formula is C22H19FN4O2S. The molecule has 0 bridgehead atoms. The number of rotatable bonds is 7. The molecule has 1 N–H and O–H groups in total. The third kappa shape index (κ3) is 5.07. The van der Waals surface area contributed by atoms with Crippen molar-refractivity contribution >= 4 is 28.3 Å². The molecule has 3 aromatic rings. The van der Waals surface area contributed by atoms with Crippen LogP contribution in [0.2, 0.25) is 0 Å². The van der Waals surface area contributed by atoms with Crippen LogP contribution >= 0.6 is 11.3 Å². The Balaban J connectivity index is 1.78. The van der Waals surface area contributed by atoms with Crippen LogP contribution in [-0.2, 0) is 6.42 Å². The molecule has 152 valence electrons. The number of nitro benzene ring substituents is 1. The molecule has 3 rings (SSSR count). The summed E-state index contributed by atoms with van der Waals surface area (Å²) >= 11 is 1.33. The summed E-state index contributed by atoms with van der Waals surface area (Å²) in [6.07, 6.45) is 2.42. The molecule has 1 heterocycles. The average Bonchev–Trinajstić information content (AvgIpc) is 3.19. The molecule has 30 heavy (non-hydrogen) atoms. The van der Waals surface area contributed by atoms with Gasteiger partial charge in [-0.3, -0.25) is 10.1 Å². The smallest absolute Gasteiger partial charge is 0.306 e. The largest absolute Gasteiger partial charge is 0.360 e. The summed E-state index contributed by atoms with van der Waals surface area (Å²) in [5, 5.41) is 25.5. The van der Waals surface area contributed by atoms with Crippen LogP contribution in [0.15, 0.2) is 54.0 Å². The van der Waals surface area contributed by atoms with Crippen molar-refractivity contribution < 1.29 is 9.31 Å². The minimum atomic E-state index is -0.918. The van der Waals surface area contributed by atoms with Crippen molar-refractivity contribution in [2.75, 3.05) is 5.32 Å². The van der Waals surface area contributed by atoms with Crippen molar-refractivity contribution in [3.8, 4) is 17.3 Å². The van der Waals surface area contributed by atoms with E-state index in [1.165, 1.54) is 29.2 Å². The Hall–Kier alpha value is -3.57. The van der Waals surface area contributed by atoms with Crippen LogP contribution in [0.4, 0.5) is 15.8 Å². The van der Waals surface area contributed by atoms with E-state index in [0.717, 1.165) is 29.8 Å². The Labute approximate surface area is 177 Å². The number of hydrogen-bond acceptors (Lipinski definition) is 6. The van der Waals surface area contributed by atoms with E-state index in [0.29, 0.717) is 16.6 Å². The van der Waals surface area contributed by atoms with Crippen LogP contribution in [0.5, 0.6) is 0 Å². The second-order valence-electron chi connectivity index (χ2n) is 7.07. The predicted octanol–water partition coefficient (Wildman–Crippen LogP) is 6.03. The number of anilines is 1. The molecule has 0 atom stereocenters. The van der Waals surface area contributed by atoms with Crippen molar-refractivity contribution in [3.63, 3.8) is 0 Å². The second kappa shape index (κ2) is 9.29. The first-order chi connectivity index (χ1) is 14.4. The highest BCUT2D eigenvalue weighted by atomic mass is 32.1. The number of nitriles is 1. The maximum atomic E-state index is 13.5. The molecule has 0 saturated carbocycles. The molecule has 6 nitrogen and oxygen atoms in total. The van der Waals surface area contributed by atoms with Crippen molar-refractivity contribution in [2.45, 2.75) is 20.3 Å². The topological polar surface area (TPSA) is 91.8 Å². The van der Waals surface area contributed by atoms with E-state index in [9.17, 15) is 19.8 Å². The molecule has 8 heteroatoms. The zero-order chi connectivity index (χ0) is 21.7. The molecular weight excluding hydrogens is 403 g/mol. The van der Waals surface area contributed by atoms with Gasteiger partial charge in [-0.15, -0.1) is 11.3 Å². The molecule has 0 fully saturated rings. The van der Waals surface area contributed by atoms with Gasteiger partial charge in [-0.2, -0.15) is 9.65 Å². The summed E-state index contributed by atoms with van der Waals surface area (Å²) in [5.41, 5.74) is 2.93. The molecule has 0 aliphatic carbocycles. The van der Waals surface area contributed by atoms with E-state index in [4.69, 9.17) is 0 Å². The lowest BCUT2D eigenvalue weighted by Crippen LogP contribution is -1.96. The van der Waals surface area contributed by atoms with E-state index in [1.54, 1.807) is 0 Å². The number of nitrogens with one attached hydrogen (secondary N) is 1. The zero-order valence-corrected chi connectivity index (χ0v) is 17.2. The number of aromatic nitrogens is 1. The summed E-state index contributed by atoms with van der Waals surface area (Å²) in [6, 6.07) is 13.7. The number of halogens is 1. The molecule has 0 amide bonds. The van der Waals surface area contributed by atoms with E-state index in [1.807, 2.05) is 17.5 Å². The first kappa shape index (κ1) is 21.1. The SMILES string of the molecule is CC(C)Cc1ccc(-c2csc(C(C#N)=CNc3ccc(F)c([N+](=O)[O-])c3)n2)cc1. The summed E-state index contributed by atoms with van der Waals surface area (Å²) < 4.78 is 13.5. The number of nitrogens with zero attached hydrogens (tertiary/aromatic N) is 3. The van der Waals surface area contributed by atoms with Crippen LogP contribution in [0.3, 0.4) is 0 Å². The third-order valence-electron chi connectivity index (χ3n) is 4.27. The summed E-state index contributed by atoms with van der Waals surface area (Å²) in [4.78, 5) is 14.6. The molecule has 0 aliphatic heterocycles. The van der Waals surface area contributed by atoms with Gasteiger partial charge in [0.25, 0.3) is 0 Å². The quantitative estimate of drug-likeness (QED) is 0.285. The molecule has 0 spiro atoms. The van der Waals surface area contributed by atoms with Crippen molar-refractivity contribution in [1.82, 2.24) is 4.98 Å². The molecule has 0 aliphatic rings. The second-order valence-corrected chi connectivity index (χ2v) is 7.93. The van der Waals surface area contributed by atoms with Gasteiger partial charge in [0.1, 0.15) is 16.6 Å². The van der Waals surface area contributed by atoms with E-state index < -0.39 is 16.4 Å². The molecule has 0 unspecified atom stereocenters. The number of nitro groups is 1. The molecule has 1 aromatic heterocycles. The lowest BCUT2D eigenvalue weighted by atomic mass is 10.0. The first-order valence-corrected chi connectivity index (χ1v) is 10.1. The minimum absolute atomic E-state index is 0.273. The Bertz CT molecular complexity index is 1130. The van der Waals surface area contributed by atoms with Crippen molar-refractivity contribution in [3.05, 3.63) is 80.5 Å². The summed E-state index contributed by atoms with van der Waals surface area (Å²) in [5.74, 6) is -0.334. The van der Waals surface area contributed by atoms with E-state index >= 15 is 0 Å². The lowest BCUT2D eigenvalue weighted by molar-refractivity contribution is -0.387. The van der Waals surface area contributed by atoms with Gasteiger partial charge in [-0.1, -0.05) is 38.1 Å². The third-order valence-corrected chi connectivity index (χ3v) is 5.15. The average molecular weight is 422 g/mol. The summed E-state index contributed by atoms with van der Waals surface area (Å²) in [7, 11) is 0. The van der Waals surface area contributed by atoms with Crippen molar-refractivity contribution in [2.24, 2.45) is 5.92 Å². The van der Waals surface area contributed by atoms with Gasteiger partial charge in [-0.25, -0.2) is 4.98 Å². The van der Waals surface area contributed by atoms with Gasteiger partial charge in [-0.05, 0) is 30.0 Å². The fraction of sp³-hybridized carbons (Fsp3) is 0.182. The lowest BCUT2D eigenvalue weighted by Gasteiger charge is -2.05. The Morgan fingerprint density at radius 1 is 1.33 bits per heavy atom. The zero-order valence-electron chi connectivity index (χ0n) is 16.4. The molecule has 0 radical (unpaired) electrons. The Morgan fingerprint density at radius 2 is 2.07 bits per heavy atom. The monoisotopic (exact) mass is 422 g/mol. The van der Waals surface area contributed by atoms with E-state index in [2.05, 4.69) is 42.4 Å². The predicted molar refractivity (Wildman–Crippen MR) is 116 cm³/mol. The van der Waals surface area contributed by atoms with Crippen LogP contribution < -0.4 is 5.32 Å². The van der Waals surface area contributed by atoms with Gasteiger partial charge in [0, 0.05) is 28.9 Å². The van der Waals surface area contributed by atoms with Gasteiger partial charge < -0.3 is 5.32 Å². The Kier molecular flexibility index (Phi) is 6.54. The van der Waals surface area contributed by atoms with Crippen molar-refractivity contribution in [1.29, 1.82) is 5.26 Å². The van der Waals surface area contributed by atoms with Crippen LogP contribution in [0, 0.1) is 33.2 Å². The molecule has 0 saturated heterocycles. The van der Waals surface area contributed by atoms with Gasteiger partial charge in [0.15, 0.2) is 0 Å². The normalized spacial score (nSPS) is 11.4. The number of benzene rings is 2. The van der Waals surface area contributed by atoms with Crippen LogP contribution in [-0.4, -0.2) is 9.91 Å². The molecule has 2 aromatic carbocycles.